The molecule has 0 amide bonds. The summed E-state index contributed by atoms with van der Waals surface area (Å²) >= 11 is 6.01. The van der Waals surface area contributed by atoms with Crippen LogP contribution in [0.5, 0.6) is 0 Å². The summed E-state index contributed by atoms with van der Waals surface area (Å²) in [4.78, 5) is 8.46. The van der Waals surface area contributed by atoms with Gasteiger partial charge in [-0.25, -0.2) is 4.98 Å². The standard InChI is InChI=1S/C15H16ClN5O2/c1-8-11(5-17)14(19-7-12(8)16)18-6-10-3-4-22-13(10)15-20-9(2)21-23-15/h7,10,13H,3-4,6H2,1-2H3,(H,18,19)/t10-,13-/m0/s1. The number of halogens is 1. The summed E-state index contributed by atoms with van der Waals surface area (Å²) in [5.41, 5.74) is 1.18. The van der Waals surface area contributed by atoms with Gasteiger partial charge in [-0.3, -0.25) is 0 Å². The lowest BCUT2D eigenvalue weighted by molar-refractivity contribution is 0.0650. The largest absolute Gasteiger partial charge is 0.369 e. The molecule has 0 bridgehead atoms. The van der Waals surface area contributed by atoms with Crippen molar-refractivity contribution in [2.75, 3.05) is 18.5 Å². The van der Waals surface area contributed by atoms with Crippen molar-refractivity contribution < 1.29 is 9.26 Å². The molecule has 1 saturated heterocycles. The molecule has 120 valence electrons. The predicted molar refractivity (Wildman–Crippen MR) is 83.0 cm³/mol. The molecule has 0 radical (unpaired) electrons. The van der Waals surface area contributed by atoms with Crippen molar-refractivity contribution in [3.05, 3.63) is 34.1 Å². The summed E-state index contributed by atoms with van der Waals surface area (Å²) < 4.78 is 10.9. The Morgan fingerprint density at radius 1 is 1.48 bits per heavy atom. The molecule has 2 aromatic heterocycles. The van der Waals surface area contributed by atoms with Crippen LogP contribution in [0.4, 0.5) is 5.82 Å². The topological polar surface area (TPSA) is 96.9 Å². The zero-order chi connectivity index (χ0) is 16.4. The van der Waals surface area contributed by atoms with Crippen LogP contribution in [0, 0.1) is 31.1 Å². The van der Waals surface area contributed by atoms with Crippen molar-refractivity contribution in [2.24, 2.45) is 5.92 Å². The first-order valence-corrected chi connectivity index (χ1v) is 7.68. The number of ether oxygens (including phenoxy) is 1. The Hall–Kier alpha value is -2.17. The molecule has 0 aliphatic carbocycles. The molecule has 3 heterocycles. The second-order valence-corrected chi connectivity index (χ2v) is 5.87. The summed E-state index contributed by atoms with van der Waals surface area (Å²) in [6, 6.07) is 2.14. The van der Waals surface area contributed by atoms with E-state index in [-0.39, 0.29) is 12.0 Å². The van der Waals surface area contributed by atoms with Crippen LogP contribution >= 0.6 is 11.6 Å². The van der Waals surface area contributed by atoms with Gasteiger partial charge in [-0.15, -0.1) is 0 Å². The molecule has 1 N–H and O–H groups in total. The zero-order valence-corrected chi connectivity index (χ0v) is 13.6. The third-order valence-corrected chi connectivity index (χ3v) is 4.30. The molecule has 7 nitrogen and oxygen atoms in total. The maximum absolute atomic E-state index is 9.30. The number of rotatable bonds is 4. The van der Waals surface area contributed by atoms with Gasteiger partial charge < -0.3 is 14.6 Å². The summed E-state index contributed by atoms with van der Waals surface area (Å²) in [7, 11) is 0. The van der Waals surface area contributed by atoms with Crippen LogP contribution in [0.25, 0.3) is 0 Å². The van der Waals surface area contributed by atoms with Crippen LogP contribution in [-0.4, -0.2) is 28.3 Å². The van der Waals surface area contributed by atoms with E-state index in [9.17, 15) is 5.26 Å². The fraction of sp³-hybridized carbons (Fsp3) is 0.467. The monoisotopic (exact) mass is 333 g/mol. The molecule has 1 aliphatic rings. The first-order valence-electron chi connectivity index (χ1n) is 7.31. The molecule has 0 saturated carbocycles. The number of aryl methyl sites for hydroxylation is 1. The quantitative estimate of drug-likeness (QED) is 0.918. The molecule has 8 heteroatoms. The van der Waals surface area contributed by atoms with Crippen LogP contribution in [0.3, 0.4) is 0 Å². The first kappa shape index (κ1) is 15.7. The SMILES string of the molecule is Cc1noc([C@H]2OCC[C@H]2CNc2ncc(Cl)c(C)c2C#N)n1. The van der Waals surface area contributed by atoms with Gasteiger partial charge >= 0.3 is 0 Å². The lowest BCUT2D eigenvalue weighted by atomic mass is 10.0. The highest BCUT2D eigenvalue weighted by Crippen LogP contribution is 2.34. The van der Waals surface area contributed by atoms with E-state index < -0.39 is 0 Å². The summed E-state index contributed by atoms with van der Waals surface area (Å²) in [6.07, 6.45) is 2.18. The van der Waals surface area contributed by atoms with E-state index in [4.69, 9.17) is 20.9 Å². The highest BCUT2D eigenvalue weighted by Gasteiger charge is 2.34. The fourth-order valence-corrected chi connectivity index (χ4v) is 2.77. The number of nitrogens with zero attached hydrogens (tertiary/aromatic N) is 4. The summed E-state index contributed by atoms with van der Waals surface area (Å²) in [5.74, 6) is 1.78. The van der Waals surface area contributed by atoms with Gasteiger partial charge in [0.05, 0.1) is 10.6 Å². The van der Waals surface area contributed by atoms with Crippen molar-refractivity contribution in [2.45, 2.75) is 26.4 Å². The maximum Gasteiger partial charge on any atom is 0.256 e. The number of hydrogen-bond donors (Lipinski definition) is 1. The van der Waals surface area contributed by atoms with Gasteiger partial charge in [0.1, 0.15) is 18.0 Å². The van der Waals surface area contributed by atoms with Gasteiger partial charge in [0.25, 0.3) is 5.89 Å². The Morgan fingerprint density at radius 3 is 3.00 bits per heavy atom. The molecule has 1 aliphatic heterocycles. The minimum atomic E-state index is -0.234. The van der Waals surface area contributed by atoms with Gasteiger partial charge in [-0.1, -0.05) is 16.8 Å². The first-order chi connectivity index (χ1) is 11.1. The second kappa shape index (κ2) is 6.52. The van der Waals surface area contributed by atoms with Crippen molar-refractivity contribution in [1.29, 1.82) is 5.26 Å². The number of hydrogen-bond acceptors (Lipinski definition) is 7. The number of anilines is 1. The molecule has 23 heavy (non-hydrogen) atoms. The number of nitrogens with one attached hydrogen (secondary N) is 1. The van der Waals surface area contributed by atoms with Gasteiger partial charge in [-0.05, 0) is 25.8 Å². The molecule has 0 aromatic carbocycles. The molecular weight excluding hydrogens is 318 g/mol. The lowest BCUT2D eigenvalue weighted by Crippen LogP contribution is -2.19. The average Bonchev–Trinajstić information content (AvgIpc) is 3.17. The van der Waals surface area contributed by atoms with Crippen LogP contribution in [0.1, 0.15) is 35.4 Å². The average molecular weight is 334 g/mol. The summed E-state index contributed by atoms with van der Waals surface area (Å²) in [6.45, 7) is 4.80. The van der Waals surface area contributed by atoms with Gasteiger partial charge in [0, 0.05) is 25.3 Å². The maximum atomic E-state index is 9.30. The Labute approximate surface area is 138 Å². The third-order valence-electron chi connectivity index (χ3n) is 3.92. The lowest BCUT2D eigenvalue weighted by Gasteiger charge is -2.17. The van der Waals surface area contributed by atoms with Crippen molar-refractivity contribution in [3.8, 4) is 6.07 Å². The molecule has 0 spiro atoms. The molecule has 2 aromatic rings. The minimum absolute atomic E-state index is 0.166. The van der Waals surface area contributed by atoms with Crippen LogP contribution in [0.2, 0.25) is 5.02 Å². The minimum Gasteiger partial charge on any atom is -0.369 e. The van der Waals surface area contributed by atoms with E-state index in [1.54, 1.807) is 20.0 Å². The molecular formula is C15H16ClN5O2. The number of pyridine rings is 1. The summed E-state index contributed by atoms with van der Waals surface area (Å²) in [5, 5.41) is 16.8. The van der Waals surface area contributed by atoms with Gasteiger partial charge in [0.15, 0.2) is 5.82 Å². The van der Waals surface area contributed by atoms with E-state index in [1.807, 2.05) is 0 Å². The van der Waals surface area contributed by atoms with Crippen molar-refractivity contribution in [1.82, 2.24) is 15.1 Å². The van der Waals surface area contributed by atoms with E-state index in [2.05, 4.69) is 26.5 Å². The predicted octanol–water partition coefficient (Wildman–Crippen LogP) is 2.80. The van der Waals surface area contributed by atoms with Gasteiger partial charge in [0.2, 0.25) is 0 Å². The molecule has 2 atom stereocenters. The van der Waals surface area contributed by atoms with Crippen molar-refractivity contribution >= 4 is 17.4 Å². The van der Waals surface area contributed by atoms with Crippen LogP contribution < -0.4 is 5.32 Å². The highest BCUT2D eigenvalue weighted by atomic mass is 35.5. The van der Waals surface area contributed by atoms with Gasteiger partial charge in [-0.2, -0.15) is 10.2 Å². The zero-order valence-electron chi connectivity index (χ0n) is 12.8. The smallest absolute Gasteiger partial charge is 0.256 e. The highest BCUT2D eigenvalue weighted by molar-refractivity contribution is 6.31. The normalized spacial score (nSPS) is 20.4. The van der Waals surface area contributed by atoms with E-state index in [0.717, 1.165) is 12.0 Å². The Bertz CT molecular complexity index is 755. The van der Waals surface area contributed by atoms with E-state index >= 15 is 0 Å². The third kappa shape index (κ3) is 3.14. The molecule has 3 rings (SSSR count). The molecule has 1 fully saturated rings. The second-order valence-electron chi connectivity index (χ2n) is 5.47. The van der Waals surface area contributed by atoms with Crippen LogP contribution in [0.15, 0.2) is 10.7 Å². The Kier molecular flexibility index (Phi) is 4.46. The Balaban J connectivity index is 1.73. The Morgan fingerprint density at radius 2 is 2.30 bits per heavy atom. The fourth-order valence-electron chi connectivity index (χ4n) is 2.62. The van der Waals surface area contributed by atoms with E-state index in [1.165, 1.54) is 0 Å². The molecule has 0 unspecified atom stereocenters. The van der Waals surface area contributed by atoms with Crippen molar-refractivity contribution in [3.63, 3.8) is 0 Å². The number of nitriles is 1. The van der Waals surface area contributed by atoms with Crippen LogP contribution in [-0.2, 0) is 4.74 Å². The number of aromatic nitrogens is 3. The van der Waals surface area contributed by atoms with E-state index in [0.29, 0.717) is 41.3 Å².